The Bertz CT molecular complexity index is 813. The minimum absolute atomic E-state index is 0. The molecule has 3 N–H and O–H groups in total. The van der Waals surface area contributed by atoms with Crippen molar-refractivity contribution in [1.82, 2.24) is 15.1 Å². The zero-order valence-electron chi connectivity index (χ0n) is 16.1. The van der Waals surface area contributed by atoms with Gasteiger partial charge in [0.05, 0.1) is 0 Å². The molecule has 1 aromatic heterocycles. The number of halogens is 1. The van der Waals surface area contributed by atoms with Crippen LogP contribution in [0.3, 0.4) is 0 Å². The van der Waals surface area contributed by atoms with Crippen molar-refractivity contribution in [2.75, 3.05) is 30.3 Å². The molecule has 0 spiro atoms. The van der Waals surface area contributed by atoms with E-state index in [2.05, 4.69) is 21.0 Å². The van der Waals surface area contributed by atoms with Crippen molar-refractivity contribution >= 4 is 35.6 Å². The molecule has 0 aliphatic carbocycles. The second kappa shape index (κ2) is 9.39. The molecule has 9 heteroatoms. The lowest BCUT2D eigenvalue weighted by molar-refractivity contribution is -0.126. The van der Waals surface area contributed by atoms with Gasteiger partial charge in [-0.15, -0.1) is 12.4 Å². The van der Waals surface area contributed by atoms with Crippen molar-refractivity contribution in [2.24, 2.45) is 0 Å². The summed E-state index contributed by atoms with van der Waals surface area (Å²) in [7, 11) is 0. The third-order valence-corrected chi connectivity index (χ3v) is 5.43. The van der Waals surface area contributed by atoms with Crippen LogP contribution in [0, 0.1) is 0 Å². The second-order valence-electron chi connectivity index (χ2n) is 7.25. The highest BCUT2D eigenvalue weighted by Crippen LogP contribution is 2.29. The molecule has 156 valence electrons. The number of rotatable bonds is 5. The average Bonchev–Trinajstić information content (AvgIpc) is 3.44. The quantitative estimate of drug-likeness (QED) is 0.689. The first kappa shape index (κ1) is 21.3. The maximum atomic E-state index is 13.1. The third kappa shape index (κ3) is 4.60. The molecule has 2 saturated heterocycles. The second-order valence-corrected chi connectivity index (χ2v) is 7.25. The number of amides is 2. The fraction of sp³-hybridized carbons (Fsp3) is 0.450. The van der Waals surface area contributed by atoms with Crippen LogP contribution in [0.25, 0.3) is 0 Å². The van der Waals surface area contributed by atoms with Crippen LogP contribution in [0.2, 0.25) is 0 Å². The zero-order valence-corrected chi connectivity index (χ0v) is 16.9. The largest absolute Gasteiger partial charge is 0.368 e. The Hall–Kier alpha value is -2.42. The Morgan fingerprint density at radius 3 is 2.41 bits per heavy atom. The average molecular weight is 420 g/mol. The maximum Gasteiger partial charge on any atom is 0.253 e. The number of benzene rings is 1. The molecule has 0 saturated carbocycles. The number of nitrogens with one attached hydrogen (secondary N) is 3. The molecule has 8 nitrogen and oxygen atoms in total. The lowest BCUT2D eigenvalue weighted by Gasteiger charge is -2.36. The summed E-state index contributed by atoms with van der Waals surface area (Å²) in [5.41, 5.74) is 0.675. The van der Waals surface area contributed by atoms with Crippen LogP contribution in [0.5, 0.6) is 0 Å². The van der Waals surface area contributed by atoms with E-state index < -0.39 is 5.54 Å². The number of hydrogen-bond acceptors (Lipinski definition) is 5. The highest BCUT2D eigenvalue weighted by molar-refractivity contribution is 5.97. The predicted octanol–water partition coefficient (Wildman–Crippen LogP) is 2.14. The van der Waals surface area contributed by atoms with E-state index >= 15 is 0 Å². The summed E-state index contributed by atoms with van der Waals surface area (Å²) in [6, 6.07) is 8.99. The number of carbonyl (C=O) groups excluding carboxylic acids is 2. The van der Waals surface area contributed by atoms with Gasteiger partial charge in [-0.1, -0.05) is 0 Å². The molecular formula is C20H26ClN5O3. The van der Waals surface area contributed by atoms with Crippen LogP contribution in [0.4, 0.5) is 11.4 Å². The van der Waals surface area contributed by atoms with E-state index in [1.807, 2.05) is 12.3 Å². The molecule has 2 aliphatic rings. The fourth-order valence-corrected chi connectivity index (χ4v) is 3.81. The molecule has 2 fully saturated rings. The molecule has 1 aromatic carbocycles. The van der Waals surface area contributed by atoms with Gasteiger partial charge in [0.1, 0.15) is 11.6 Å². The van der Waals surface area contributed by atoms with Crippen LogP contribution in [-0.2, 0) is 19.9 Å². The minimum Gasteiger partial charge on any atom is -0.368 e. The van der Waals surface area contributed by atoms with Crippen LogP contribution < -0.4 is 16.0 Å². The van der Waals surface area contributed by atoms with E-state index in [1.54, 1.807) is 35.1 Å². The normalized spacial score (nSPS) is 20.5. The Labute approximate surface area is 175 Å². The van der Waals surface area contributed by atoms with Gasteiger partial charge in [-0.2, -0.15) is 5.10 Å². The van der Waals surface area contributed by atoms with E-state index in [4.69, 9.17) is 4.74 Å². The molecule has 29 heavy (non-hydrogen) atoms. The molecule has 1 atom stereocenters. The monoisotopic (exact) mass is 419 g/mol. The zero-order chi connectivity index (χ0) is 19.4. The van der Waals surface area contributed by atoms with E-state index in [9.17, 15) is 9.59 Å². The van der Waals surface area contributed by atoms with Gasteiger partial charge in [0.2, 0.25) is 0 Å². The van der Waals surface area contributed by atoms with Crippen molar-refractivity contribution in [2.45, 2.75) is 37.3 Å². The highest BCUT2D eigenvalue weighted by Gasteiger charge is 2.42. The van der Waals surface area contributed by atoms with Crippen molar-refractivity contribution in [3.63, 3.8) is 0 Å². The number of ether oxygens (including phenoxy) is 1. The van der Waals surface area contributed by atoms with Gasteiger partial charge >= 0.3 is 0 Å². The van der Waals surface area contributed by atoms with Crippen LogP contribution in [-0.4, -0.2) is 47.4 Å². The molecular weight excluding hydrogens is 394 g/mol. The number of nitrogens with zero attached hydrogens (tertiary/aromatic N) is 2. The molecule has 4 rings (SSSR count). The first-order chi connectivity index (χ1) is 13.7. The molecule has 1 unspecified atom stereocenters. The van der Waals surface area contributed by atoms with Gasteiger partial charge in [-0.25, -0.2) is 0 Å². The molecule has 0 radical (unpaired) electrons. The van der Waals surface area contributed by atoms with Gasteiger partial charge < -0.3 is 20.7 Å². The Balaban J connectivity index is 0.00000240. The molecule has 2 amide bonds. The van der Waals surface area contributed by atoms with Crippen LogP contribution in [0.1, 0.15) is 25.7 Å². The molecule has 2 aliphatic heterocycles. The van der Waals surface area contributed by atoms with E-state index in [0.29, 0.717) is 30.8 Å². The standard InChI is InChI=1S/C20H25N5O3.ClH/c26-18(17-3-1-14-28-17)23-15-4-6-16(7-5-15)24-19(27)20(8-11-21-12-9-20)25-13-2-10-22-25;/h2,4-7,10,13,17,21H,1,3,8-9,11-12,14H2,(H,23,26)(H,24,27);1H. The van der Waals surface area contributed by atoms with Crippen LogP contribution in [0.15, 0.2) is 42.7 Å². The smallest absolute Gasteiger partial charge is 0.253 e. The molecule has 0 bridgehead atoms. The number of carbonyl (C=O) groups is 2. The number of anilines is 2. The van der Waals surface area contributed by atoms with Gasteiger partial charge in [-0.05, 0) is 69.1 Å². The van der Waals surface area contributed by atoms with Gasteiger partial charge in [-0.3, -0.25) is 14.3 Å². The van der Waals surface area contributed by atoms with Gasteiger partial charge in [0, 0.05) is 30.4 Å². The summed E-state index contributed by atoms with van der Waals surface area (Å²) < 4.78 is 7.16. The Kier molecular flexibility index (Phi) is 6.89. The SMILES string of the molecule is Cl.O=C(Nc1ccc(NC(=O)C2(n3cccn3)CCNCC2)cc1)C1CCCO1. The first-order valence-electron chi connectivity index (χ1n) is 9.72. The van der Waals surface area contributed by atoms with Crippen LogP contribution >= 0.6 is 12.4 Å². The summed E-state index contributed by atoms with van der Waals surface area (Å²) in [5, 5.41) is 13.5. The maximum absolute atomic E-state index is 13.1. The van der Waals surface area contributed by atoms with E-state index in [0.717, 1.165) is 25.9 Å². The van der Waals surface area contributed by atoms with E-state index in [1.165, 1.54) is 0 Å². The number of aromatic nitrogens is 2. The molecule has 3 heterocycles. The summed E-state index contributed by atoms with van der Waals surface area (Å²) >= 11 is 0. The Morgan fingerprint density at radius 2 is 1.83 bits per heavy atom. The van der Waals surface area contributed by atoms with Crippen molar-refractivity contribution in [3.05, 3.63) is 42.7 Å². The van der Waals surface area contributed by atoms with Crippen molar-refractivity contribution < 1.29 is 14.3 Å². The number of hydrogen-bond donors (Lipinski definition) is 3. The highest BCUT2D eigenvalue weighted by atomic mass is 35.5. The van der Waals surface area contributed by atoms with Crippen molar-refractivity contribution in [1.29, 1.82) is 0 Å². The lowest BCUT2D eigenvalue weighted by Crippen LogP contribution is -2.52. The number of piperidine rings is 1. The van der Waals surface area contributed by atoms with Crippen molar-refractivity contribution in [3.8, 4) is 0 Å². The van der Waals surface area contributed by atoms with E-state index in [-0.39, 0.29) is 30.3 Å². The summed E-state index contributed by atoms with van der Waals surface area (Å²) in [4.78, 5) is 25.3. The summed E-state index contributed by atoms with van der Waals surface area (Å²) in [5.74, 6) is -0.199. The summed E-state index contributed by atoms with van der Waals surface area (Å²) in [6.45, 7) is 2.17. The predicted molar refractivity (Wildman–Crippen MR) is 112 cm³/mol. The minimum atomic E-state index is -0.693. The summed E-state index contributed by atoms with van der Waals surface area (Å²) in [6.07, 6.45) is 6.19. The lowest BCUT2D eigenvalue weighted by atomic mass is 9.87. The van der Waals surface area contributed by atoms with Gasteiger partial charge in [0.25, 0.3) is 11.8 Å². The first-order valence-corrected chi connectivity index (χ1v) is 9.72. The Morgan fingerprint density at radius 1 is 1.14 bits per heavy atom. The topological polar surface area (TPSA) is 97.3 Å². The molecule has 2 aromatic rings. The fourth-order valence-electron chi connectivity index (χ4n) is 3.81. The third-order valence-electron chi connectivity index (χ3n) is 5.43. The van der Waals surface area contributed by atoms with Gasteiger partial charge in [0.15, 0.2) is 0 Å².